The van der Waals surface area contributed by atoms with Crippen molar-refractivity contribution >= 4 is 11.6 Å². The molecule has 3 nitrogen and oxygen atoms in total. The van der Waals surface area contributed by atoms with Crippen LogP contribution in [0.1, 0.15) is 45.1 Å². The third-order valence-corrected chi connectivity index (χ3v) is 4.07. The van der Waals surface area contributed by atoms with E-state index in [0.29, 0.717) is 12.3 Å². The number of hydrogen-bond acceptors (Lipinski definition) is 2. The first kappa shape index (κ1) is 15.0. The molecule has 1 fully saturated rings. The lowest BCUT2D eigenvalue weighted by atomic mass is 10.0. The summed E-state index contributed by atoms with van der Waals surface area (Å²) in [5, 5.41) is 6.33. The molecule has 0 heterocycles. The third kappa shape index (κ3) is 4.64. The van der Waals surface area contributed by atoms with Gasteiger partial charge in [-0.2, -0.15) is 0 Å². The lowest BCUT2D eigenvalue weighted by Crippen LogP contribution is -2.16. The van der Waals surface area contributed by atoms with Gasteiger partial charge in [0.15, 0.2) is 0 Å². The molecule has 2 unspecified atom stereocenters. The van der Waals surface area contributed by atoms with E-state index in [2.05, 4.69) is 36.6 Å². The van der Waals surface area contributed by atoms with Crippen LogP contribution in [0.25, 0.3) is 0 Å². The predicted octanol–water partition coefficient (Wildman–Crippen LogP) is 3.56. The summed E-state index contributed by atoms with van der Waals surface area (Å²) < 4.78 is 0. The van der Waals surface area contributed by atoms with Crippen molar-refractivity contribution in [2.24, 2.45) is 11.8 Å². The van der Waals surface area contributed by atoms with Gasteiger partial charge in [0, 0.05) is 18.7 Å². The van der Waals surface area contributed by atoms with Crippen molar-refractivity contribution in [1.29, 1.82) is 0 Å². The van der Waals surface area contributed by atoms with Crippen molar-refractivity contribution in [1.82, 2.24) is 5.32 Å². The highest BCUT2D eigenvalue weighted by atomic mass is 16.1. The minimum Gasteiger partial charge on any atom is -0.326 e. The predicted molar refractivity (Wildman–Crippen MR) is 83.6 cm³/mol. The summed E-state index contributed by atoms with van der Waals surface area (Å²) in [6.07, 6.45) is 4.35. The quantitative estimate of drug-likeness (QED) is 0.832. The Balaban J connectivity index is 1.84. The van der Waals surface area contributed by atoms with E-state index in [-0.39, 0.29) is 5.91 Å². The zero-order chi connectivity index (χ0) is 14.4. The van der Waals surface area contributed by atoms with Gasteiger partial charge in [0.05, 0.1) is 0 Å². The lowest BCUT2D eigenvalue weighted by molar-refractivity contribution is -0.117. The lowest BCUT2D eigenvalue weighted by Gasteiger charge is -2.11. The highest BCUT2D eigenvalue weighted by molar-refractivity contribution is 5.90. The Kier molecular flexibility index (Phi) is 5.60. The highest BCUT2D eigenvalue weighted by Gasteiger charge is 2.23. The molecule has 2 rings (SSSR count). The summed E-state index contributed by atoms with van der Waals surface area (Å²) in [4.78, 5) is 12.1. The maximum Gasteiger partial charge on any atom is 0.224 e. The Hall–Kier alpha value is -1.35. The van der Waals surface area contributed by atoms with E-state index in [9.17, 15) is 4.79 Å². The Morgan fingerprint density at radius 3 is 2.90 bits per heavy atom. The van der Waals surface area contributed by atoms with E-state index in [1.807, 2.05) is 12.1 Å². The van der Waals surface area contributed by atoms with Crippen molar-refractivity contribution < 1.29 is 4.79 Å². The second-order valence-electron chi connectivity index (χ2n) is 6.02. The molecule has 2 atom stereocenters. The number of benzene rings is 1. The fourth-order valence-electron chi connectivity index (χ4n) is 3.01. The van der Waals surface area contributed by atoms with Crippen molar-refractivity contribution in [3.8, 4) is 0 Å². The molecule has 0 aromatic heterocycles. The van der Waals surface area contributed by atoms with Gasteiger partial charge < -0.3 is 10.6 Å². The van der Waals surface area contributed by atoms with Crippen LogP contribution >= 0.6 is 0 Å². The van der Waals surface area contributed by atoms with Crippen LogP contribution in [0.3, 0.4) is 0 Å². The molecule has 1 aromatic rings. The van der Waals surface area contributed by atoms with E-state index >= 15 is 0 Å². The number of hydrogen-bond donors (Lipinski definition) is 2. The first-order valence-electron chi connectivity index (χ1n) is 7.77. The normalized spacial score (nSPS) is 21.9. The topological polar surface area (TPSA) is 41.1 Å². The van der Waals surface area contributed by atoms with Gasteiger partial charge in [0.2, 0.25) is 5.91 Å². The van der Waals surface area contributed by atoms with Gasteiger partial charge in [-0.05, 0) is 48.9 Å². The van der Waals surface area contributed by atoms with Gasteiger partial charge in [-0.25, -0.2) is 0 Å². The molecule has 0 saturated heterocycles. The molecule has 0 spiro atoms. The molecular weight excluding hydrogens is 248 g/mol. The molecule has 1 aromatic carbocycles. The number of rotatable bonds is 6. The van der Waals surface area contributed by atoms with E-state index in [0.717, 1.165) is 24.7 Å². The van der Waals surface area contributed by atoms with Crippen LogP contribution in [0.2, 0.25) is 0 Å². The minimum atomic E-state index is 0.157. The minimum absolute atomic E-state index is 0.157. The average Bonchev–Trinajstić information content (AvgIpc) is 2.82. The van der Waals surface area contributed by atoms with Crippen molar-refractivity contribution in [3.05, 3.63) is 29.8 Å². The SMILES string of the molecule is CCNCc1cccc(NC(=O)CC2CCC(C)C2)c1. The van der Waals surface area contributed by atoms with E-state index in [4.69, 9.17) is 0 Å². The van der Waals surface area contributed by atoms with Gasteiger partial charge >= 0.3 is 0 Å². The number of carbonyl (C=O) groups is 1. The largest absolute Gasteiger partial charge is 0.326 e. The van der Waals surface area contributed by atoms with Crippen LogP contribution in [-0.2, 0) is 11.3 Å². The maximum absolute atomic E-state index is 12.1. The summed E-state index contributed by atoms with van der Waals surface area (Å²) in [5.74, 6) is 1.52. The first-order valence-corrected chi connectivity index (χ1v) is 7.77. The third-order valence-electron chi connectivity index (χ3n) is 4.07. The fraction of sp³-hybridized carbons (Fsp3) is 0.588. The molecule has 3 heteroatoms. The molecule has 0 radical (unpaired) electrons. The van der Waals surface area contributed by atoms with Crippen LogP contribution < -0.4 is 10.6 Å². The Morgan fingerprint density at radius 2 is 2.20 bits per heavy atom. The van der Waals surface area contributed by atoms with Crippen LogP contribution in [0.15, 0.2) is 24.3 Å². The van der Waals surface area contributed by atoms with Gasteiger partial charge in [-0.15, -0.1) is 0 Å². The molecular formula is C17H26N2O. The molecule has 1 amide bonds. The zero-order valence-corrected chi connectivity index (χ0v) is 12.6. The Bertz CT molecular complexity index is 444. The first-order chi connectivity index (χ1) is 9.67. The van der Waals surface area contributed by atoms with E-state index in [1.165, 1.54) is 24.8 Å². The Morgan fingerprint density at radius 1 is 1.35 bits per heavy atom. The van der Waals surface area contributed by atoms with Crippen LogP contribution in [0.4, 0.5) is 5.69 Å². The van der Waals surface area contributed by atoms with Crippen molar-refractivity contribution in [2.75, 3.05) is 11.9 Å². The second kappa shape index (κ2) is 7.44. The smallest absolute Gasteiger partial charge is 0.224 e. The molecule has 1 aliphatic carbocycles. The Labute approximate surface area is 122 Å². The molecule has 1 aliphatic rings. The van der Waals surface area contributed by atoms with Gasteiger partial charge in [0.1, 0.15) is 0 Å². The van der Waals surface area contributed by atoms with E-state index in [1.54, 1.807) is 0 Å². The van der Waals surface area contributed by atoms with E-state index < -0.39 is 0 Å². The number of amides is 1. The summed E-state index contributed by atoms with van der Waals surface area (Å²) >= 11 is 0. The van der Waals surface area contributed by atoms with Crippen molar-refractivity contribution in [3.63, 3.8) is 0 Å². The van der Waals surface area contributed by atoms with Gasteiger partial charge in [0.25, 0.3) is 0 Å². The van der Waals surface area contributed by atoms with Crippen LogP contribution in [0.5, 0.6) is 0 Å². The summed E-state index contributed by atoms with van der Waals surface area (Å²) in [6, 6.07) is 8.10. The monoisotopic (exact) mass is 274 g/mol. The highest BCUT2D eigenvalue weighted by Crippen LogP contribution is 2.32. The standard InChI is InChI=1S/C17H26N2O/c1-3-18-12-15-5-4-6-16(10-15)19-17(20)11-14-8-7-13(2)9-14/h4-6,10,13-14,18H,3,7-9,11-12H2,1-2H3,(H,19,20). The van der Waals surface area contributed by atoms with Crippen molar-refractivity contribution in [2.45, 2.75) is 46.1 Å². The van der Waals surface area contributed by atoms with Crippen LogP contribution in [0, 0.1) is 11.8 Å². The molecule has 110 valence electrons. The molecule has 0 bridgehead atoms. The summed E-state index contributed by atoms with van der Waals surface area (Å²) in [7, 11) is 0. The molecule has 0 aliphatic heterocycles. The second-order valence-corrected chi connectivity index (χ2v) is 6.02. The summed E-state index contributed by atoms with van der Waals surface area (Å²) in [5.41, 5.74) is 2.12. The maximum atomic E-state index is 12.1. The average molecular weight is 274 g/mol. The molecule has 2 N–H and O–H groups in total. The van der Waals surface area contributed by atoms with Gasteiger partial charge in [-0.3, -0.25) is 4.79 Å². The molecule has 1 saturated carbocycles. The molecule has 20 heavy (non-hydrogen) atoms. The number of carbonyl (C=O) groups excluding carboxylic acids is 1. The number of nitrogens with one attached hydrogen (secondary N) is 2. The van der Waals surface area contributed by atoms with Crippen LogP contribution in [-0.4, -0.2) is 12.5 Å². The number of anilines is 1. The van der Waals surface area contributed by atoms with Gasteiger partial charge in [-0.1, -0.05) is 32.4 Å². The zero-order valence-electron chi connectivity index (χ0n) is 12.6. The summed E-state index contributed by atoms with van der Waals surface area (Å²) in [6.45, 7) is 6.17. The fourth-order valence-corrected chi connectivity index (χ4v) is 3.01.